The van der Waals surface area contributed by atoms with E-state index < -0.39 is 0 Å². The van der Waals surface area contributed by atoms with Gasteiger partial charge >= 0.3 is 0 Å². The van der Waals surface area contributed by atoms with Crippen molar-refractivity contribution < 1.29 is 13.9 Å². The lowest BCUT2D eigenvalue weighted by atomic mass is 9.87. The lowest BCUT2D eigenvalue weighted by Gasteiger charge is -2.48. The number of nitrogens with one attached hydrogen (secondary N) is 1. The molecule has 0 atom stereocenters. The highest BCUT2D eigenvalue weighted by Crippen LogP contribution is 2.30. The van der Waals surface area contributed by atoms with Crippen LogP contribution in [-0.4, -0.2) is 60.7 Å². The van der Waals surface area contributed by atoms with Gasteiger partial charge in [0.05, 0.1) is 0 Å². The Morgan fingerprint density at radius 2 is 1.96 bits per heavy atom. The zero-order chi connectivity index (χ0) is 17.5. The van der Waals surface area contributed by atoms with Crippen molar-refractivity contribution in [3.05, 3.63) is 35.6 Å². The molecule has 3 rings (SSSR count). The van der Waals surface area contributed by atoms with E-state index in [4.69, 9.17) is 4.74 Å². The summed E-state index contributed by atoms with van der Waals surface area (Å²) in [6.45, 7) is 4.34. The molecule has 1 aromatic carbocycles. The molecule has 0 spiro atoms. The second kappa shape index (κ2) is 9.01. The van der Waals surface area contributed by atoms with Crippen molar-refractivity contribution >= 4 is 17.7 Å². The van der Waals surface area contributed by atoms with Crippen LogP contribution in [0.15, 0.2) is 24.3 Å². The van der Waals surface area contributed by atoms with Gasteiger partial charge in [-0.15, -0.1) is 0 Å². The van der Waals surface area contributed by atoms with Crippen molar-refractivity contribution in [1.29, 1.82) is 0 Å². The molecule has 138 valence electrons. The van der Waals surface area contributed by atoms with Gasteiger partial charge in [-0.2, -0.15) is 11.8 Å². The first-order valence-electron chi connectivity index (χ1n) is 9.10. The van der Waals surface area contributed by atoms with E-state index in [1.165, 1.54) is 6.07 Å². The first kappa shape index (κ1) is 18.7. The summed E-state index contributed by atoms with van der Waals surface area (Å²) in [6, 6.07) is 6.67. The molecule has 0 radical (unpaired) electrons. The van der Waals surface area contributed by atoms with E-state index in [1.807, 2.05) is 17.8 Å². The fourth-order valence-corrected chi connectivity index (χ4v) is 4.60. The Labute approximate surface area is 153 Å². The van der Waals surface area contributed by atoms with Crippen molar-refractivity contribution in [3.8, 4) is 0 Å². The van der Waals surface area contributed by atoms with E-state index in [1.54, 1.807) is 12.1 Å². The molecule has 2 saturated heterocycles. The van der Waals surface area contributed by atoms with Gasteiger partial charge in [0.25, 0.3) is 0 Å². The smallest absolute Gasteiger partial charge is 0.220 e. The first-order valence-corrected chi connectivity index (χ1v) is 10.3. The molecule has 2 aliphatic heterocycles. The van der Waals surface area contributed by atoms with Crippen LogP contribution in [0.1, 0.15) is 24.8 Å². The topological polar surface area (TPSA) is 41.6 Å². The number of hydrogen-bond donors (Lipinski definition) is 1. The van der Waals surface area contributed by atoms with E-state index >= 15 is 0 Å². The van der Waals surface area contributed by atoms with Crippen LogP contribution in [0.3, 0.4) is 0 Å². The molecule has 2 fully saturated rings. The van der Waals surface area contributed by atoms with Crippen LogP contribution in [0.5, 0.6) is 0 Å². The van der Waals surface area contributed by atoms with Crippen LogP contribution in [0.2, 0.25) is 0 Å². The summed E-state index contributed by atoms with van der Waals surface area (Å²) in [5, 5.41) is 3.11. The Hall–Kier alpha value is -1.11. The third-order valence-electron chi connectivity index (χ3n) is 5.30. The molecule has 0 aromatic heterocycles. The number of hydrogen-bond acceptors (Lipinski definition) is 4. The molecule has 0 aliphatic carbocycles. The molecule has 2 aliphatic rings. The SMILES string of the molecule is O=C(CCc1ccccc1F)NCC1(N2CCSCC2)CCOCC1. The summed E-state index contributed by atoms with van der Waals surface area (Å²) in [7, 11) is 0. The molecule has 1 N–H and O–H groups in total. The van der Waals surface area contributed by atoms with Crippen LogP contribution in [-0.2, 0) is 16.0 Å². The number of aryl methyl sites for hydroxylation is 1. The zero-order valence-corrected chi connectivity index (χ0v) is 15.5. The molecule has 6 heteroatoms. The minimum atomic E-state index is -0.234. The maximum atomic E-state index is 13.7. The van der Waals surface area contributed by atoms with E-state index in [0.29, 0.717) is 24.9 Å². The van der Waals surface area contributed by atoms with Gasteiger partial charge in [-0.05, 0) is 30.9 Å². The van der Waals surface area contributed by atoms with Crippen molar-refractivity contribution in [2.75, 3.05) is 44.4 Å². The summed E-state index contributed by atoms with van der Waals surface area (Å²) in [5.41, 5.74) is 0.624. The van der Waals surface area contributed by atoms with E-state index in [0.717, 1.165) is 50.7 Å². The van der Waals surface area contributed by atoms with Crippen LogP contribution < -0.4 is 5.32 Å². The number of amides is 1. The predicted molar refractivity (Wildman–Crippen MR) is 99.4 cm³/mol. The number of rotatable bonds is 6. The third kappa shape index (κ3) is 4.96. The van der Waals surface area contributed by atoms with Crippen LogP contribution in [0, 0.1) is 5.82 Å². The van der Waals surface area contributed by atoms with Gasteiger partial charge in [0.15, 0.2) is 0 Å². The summed E-state index contributed by atoms with van der Waals surface area (Å²) in [6.07, 6.45) is 2.69. The Kier molecular flexibility index (Phi) is 6.73. The number of halogens is 1. The maximum Gasteiger partial charge on any atom is 0.220 e. The fourth-order valence-electron chi connectivity index (χ4n) is 3.69. The average Bonchev–Trinajstić information content (AvgIpc) is 2.67. The molecular formula is C19H27FN2O2S. The monoisotopic (exact) mass is 366 g/mol. The fraction of sp³-hybridized carbons (Fsp3) is 0.632. The lowest BCUT2D eigenvalue weighted by Crippen LogP contribution is -2.60. The van der Waals surface area contributed by atoms with E-state index in [2.05, 4.69) is 10.2 Å². The van der Waals surface area contributed by atoms with Gasteiger partial charge in [0.2, 0.25) is 5.91 Å². The van der Waals surface area contributed by atoms with Crippen LogP contribution in [0.25, 0.3) is 0 Å². The summed E-state index contributed by atoms with van der Waals surface area (Å²) >= 11 is 2.00. The second-order valence-corrected chi connectivity index (χ2v) is 8.03. The van der Waals surface area contributed by atoms with Gasteiger partial charge in [-0.3, -0.25) is 9.69 Å². The molecule has 1 amide bonds. The van der Waals surface area contributed by atoms with Crippen LogP contribution in [0.4, 0.5) is 4.39 Å². The minimum Gasteiger partial charge on any atom is -0.381 e. The number of carbonyl (C=O) groups excluding carboxylic acids is 1. The van der Waals surface area contributed by atoms with Gasteiger partial charge in [0.1, 0.15) is 5.82 Å². The number of carbonyl (C=O) groups is 1. The minimum absolute atomic E-state index is 0.000467. The standard InChI is InChI=1S/C19H27FN2O2S/c20-17-4-2-1-3-16(17)5-6-18(23)21-15-19(7-11-24-12-8-19)22-9-13-25-14-10-22/h1-4H,5-15H2,(H,21,23). The molecule has 0 saturated carbocycles. The normalized spacial score (nSPS) is 21.0. The molecule has 25 heavy (non-hydrogen) atoms. The number of ether oxygens (including phenoxy) is 1. The second-order valence-electron chi connectivity index (χ2n) is 6.80. The Bertz CT molecular complexity index is 572. The summed E-state index contributed by atoms with van der Waals surface area (Å²) in [4.78, 5) is 14.9. The molecular weight excluding hydrogens is 339 g/mol. The number of thioether (sulfide) groups is 1. The van der Waals surface area contributed by atoms with E-state index in [-0.39, 0.29) is 17.3 Å². The van der Waals surface area contributed by atoms with Crippen molar-refractivity contribution in [2.24, 2.45) is 0 Å². The van der Waals surface area contributed by atoms with Gasteiger partial charge < -0.3 is 10.1 Å². The molecule has 0 bridgehead atoms. The van der Waals surface area contributed by atoms with Crippen molar-refractivity contribution in [2.45, 2.75) is 31.2 Å². The zero-order valence-electron chi connectivity index (χ0n) is 14.6. The first-order chi connectivity index (χ1) is 12.2. The van der Waals surface area contributed by atoms with Gasteiger partial charge in [-0.1, -0.05) is 18.2 Å². The highest BCUT2D eigenvalue weighted by Gasteiger charge is 2.39. The molecule has 2 heterocycles. The van der Waals surface area contributed by atoms with Crippen molar-refractivity contribution in [3.63, 3.8) is 0 Å². The quantitative estimate of drug-likeness (QED) is 0.840. The molecule has 4 nitrogen and oxygen atoms in total. The largest absolute Gasteiger partial charge is 0.381 e. The maximum absolute atomic E-state index is 13.7. The Balaban J connectivity index is 1.53. The van der Waals surface area contributed by atoms with Crippen LogP contribution >= 0.6 is 11.8 Å². The number of benzene rings is 1. The highest BCUT2D eigenvalue weighted by molar-refractivity contribution is 7.99. The van der Waals surface area contributed by atoms with Gasteiger partial charge in [0, 0.05) is 56.3 Å². The molecule has 0 unspecified atom stereocenters. The predicted octanol–water partition coefficient (Wildman–Crippen LogP) is 2.47. The van der Waals surface area contributed by atoms with Gasteiger partial charge in [-0.25, -0.2) is 4.39 Å². The lowest BCUT2D eigenvalue weighted by molar-refractivity contribution is -0.122. The number of nitrogens with zero attached hydrogens (tertiary/aromatic N) is 1. The summed E-state index contributed by atoms with van der Waals surface area (Å²) in [5.74, 6) is 2.08. The highest BCUT2D eigenvalue weighted by atomic mass is 32.2. The Morgan fingerprint density at radius 1 is 1.24 bits per heavy atom. The Morgan fingerprint density at radius 3 is 2.68 bits per heavy atom. The van der Waals surface area contributed by atoms with Crippen molar-refractivity contribution in [1.82, 2.24) is 10.2 Å². The summed E-state index contributed by atoms with van der Waals surface area (Å²) < 4.78 is 19.2. The van der Waals surface area contributed by atoms with E-state index in [9.17, 15) is 9.18 Å². The average molecular weight is 367 g/mol. The third-order valence-corrected chi connectivity index (χ3v) is 6.24. The molecule has 1 aromatic rings.